The van der Waals surface area contributed by atoms with E-state index in [9.17, 15) is 4.79 Å². The van der Waals surface area contributed by atoms with Crippen molar-refractivity contribution in [2.45, 2.75) is 38.0 Å². The molecule has 1 unspecified atom stereocenters. The number of alkyl carbamates (subject to hydrolysis) is 1. The van der Waals surface area contributed by atoms with Gasteiger partial charge in [-0.05, 0) is 12.8 Å². The van der Waals surface area contributed by atoms with Crippen LogP contribution in [0.5, 0.6) is 0 Å². The lowest BCUT2D eigenvalue weighted by Crippen LogP contribution is -2.25. The molecule has 0 aliphatic carbocycles. The topological polar surface area (TPSA) is 38.3 Å². The molecule has 78 valence electrons. The van der Waals surface area contributed by atoms with Crippen LogP contribution in [-0.4, -0.2) is 25.1 Å². The number of alkyl halides is 1. The summed E-state index contributed by atoms with van der Waals surface area (Å²) in [5.74, 6) is 0. The Morgan fingerprint density at radius 1 is 1.54 bits per heavy atom. The van der Waals surface area contributed by atoms with Crippen molar-refractivity contribution >= 4 is 17.7 Å². The molecule has 0 heterocycles. The third-order valence-electron chi connectivity index (χ3n) is 1.78. The SMILES string of the molecule is CCCCC(Cl)CCNC(=O)OC. The first-order valence-corrected chi connectivity index (χ1v) is 5.10. The zero-order valence-electron chi connectivity index (χ0n) is 8.31. The van der Waals surface area contributed by atoms with Crippen LogP contribution in [0, 0.1) is 0 Å². The van der Waals surface area contributed by atoms with Crippen LogP contribution in [0.2, 0.25) is 0 Å². The van der Waals surface area contributed by atoms with Crippen molar-refractivity contribution in [3.05, 3.63) is 0 Å². The highest BCUT2D eigenvalue weighted by atomic mass is 35.5. The van der Waals surface area contributed by atoms with Gasteiger partial charge in [-0.25, -0.2) is 4.79 Å². The molecule has 0 spiro atoms. The summed E-state index contributed by atoms with van der Waals surface area (Å²) in [6.07, 6.45) is 3.73. The average molecular weight is 208 g/mol. The molecule has 0 aliphatic rings. The fourth-order valence-corrected chi connectivity index (χ4v) is 1.24. The summed E-state index contributed by atoms with van der Waals surface area (Å²) >= 11 is 5.99. The maximum absolute atomic E-state index is 10.6. The van der Waals surface area contributed by atoms with Gasteiger partial charge >= 0.3 is 6.09 Å². The molecule has 0 saturated heterocycles. The Bertz CT molecular complexity index is 142. The fourth-order valence-electron chi connectivity index (χ4n) is 0.973. The summed E-state index contributed by atoms with van der Waals surface area (Å²) in [4.78, 5) is 10.6. The van der Waals surface area contributed by atoms with Gasteiger partial charge in [0, 0.05) is 11.9 Å². The van der Waals surface area contributed by atoms with Gasteiger partial charge in [0.2, 0.25) is 0 Å². The van der Waals surface area contributed by atoms with E-state index in [0.29, 0.717) is 6.54 Å². The molecular formula is C9H18ClNO2. The second kappa shape index (κ2) is 8.17. The molecule has 0 bridgehead atoms. The third-order valence-corrected chi connectivity index (χ3v) is 2.22. The molecule has 0 saturated carbocycles. The number of amides is 1. The molecule has 3 nitrogen and oxygen atoms in total. The molecule has 13 heavy (non-hydrogen) atoms. The number of hydrogen-bond donors (Lipinski definition) is 1. The van der Waals surface area contributed by atoms with Gasteiger partial charge in [-0.3, -0.25) is 0 Å². The molecule has 0 aromatic heterocycles. The van der Waals surface area contributed by atoms with E-state index in [2.05, 4.69) is 17.0 Å². The molecule has 0 aliphatic heterocycles. The largest absolute Gasteiger partial charge is 0.453 e. The molecule has 1 N–H and O–H groups in total. The summed E-state index contributed by atoms with van der Waals surface area (Å²) in [5.41, 5.74) is 0. The first-order chi connectivity index (χ1) is 6.20. The van der Waals surface area contributed by atoms with Crippen LogP contribution in [0.4, 0.5) is 4.79 Å². The van der Waals surface area contributed by atoms with E-state index in [1.807, 2.05) is 0 Å². The van der Waals surface area contributed by atoms with Gasteiger partial charge < -0.3 is 10.1 Å². The molecule has 0 aromatic rings. The predicted octanol–water partition coefficient (Wildman–Crippen LogP) is 2.53. The Kier molecular flexibility index (Phi) is 7.90. The van der Waals surface area contributed by atoms with Crippen molar-refractivity contribution in [3.63, 3.8) is 0 Å². The zero-order chi connectivity index (χ0) is 10.1. The highest BCUT2D eigenvalue weighted by molar-refractivity contribution is 6.20. The van der Waals surface area contributed by atoms with Crippen molar-refractivity contribution in [1.82, 2.24) is 5.32 Å². The summed E-state index contributed by atoms with van der Waals surface area (Å²) in [5, 5.41) is 2.76. The van der Waals surface area contributed by atoms with E-state index in [1.54, 1.807) is 0 Å². The number of hydrogen-bond acceptors (Lipinski definition) is 2. The molecule has 0 aromatic carbocycles. The smallest absolute Gasteiger partial charge is 0.406 e. The van der Waals surface area contributed by atoms with Gasteiger partial charge in [0.15, 0.2) is 0 Å². The molecule has 0 rings (SSSR count). The number of halogens is 1. The second-order valence-corrected chi connectivity index (χ2v) is 3.56. The molecule has 4 heteroatoms. The third kappa shape index (κ3) is 7.91. The highest BCUT2D eigenvalue weighted by Crippen LogP contribution is 2.10. The minimum atomic E-state index is -0.389. The monoisotopic (exact) mass is 207 g/mol. The van der Waals surface area contributed by atoms with Crippen LogP contribution in [0.15, 0.2) is 0 Å². The van der Waals surface area contributed by atoms with Gasteiger partial charge in [0.25, 0.3) is 0 Å². The van der Waals surface area contributed by atoms with Crippen LogP contribution in [0.3, 0.4) is 0 Å². The number of carbonyl (C=O) groups is 1. The van der Waals surface area contributed by atoms with Crippen LogP contribution in [-0.2, 0) is 4.74 Å². The molecule has 1 amide bonds. The first kappa shape index (κ1) is 12.6. The Hall–Kier alpha value is -0.440. The average Bonchev–Trinajstić information content (AvgIpc) is 2.14. The minimum Gasteiger partial charge on any atom is -0.453 e. The lowest BCUT2D eigenvalue weighted by atomic mass is 10.1. The van der Waals surface area contributed by atoms with Crippen molar-refractivity contribution in [3.8, 4) is 0 Å². The number of rotatable bonds is 6. The van der Waals surface area contributed by atoms with Gasteiger partial charge in [-0.1, -0.05) is 19.8 Å². The van der Waals surface area contributed by atoms with Gasteiger partial charge in [-0.15, -0.1) is 11.6 Å². The van der Waals surface area contributed by atoms with Crippen LogP contribution >= 0.6 is 11.6 Å². The standard InChI is InChI=1S/C9H18ClNO2/c1-3-4-5-8(10)6-7-11-9(12)13-2/h8H,3-7H2,1-2H3,(H,11,12). The summed E-state index contributed by atoms with van der Waals surface area (Å²) < 4.78 is 4.42. The van der Waals surface area contributed by atoms with Crippen LogP contribution in [0.1, 0.15) is 32.6 Å². The maximum Gasteiger partial charge on any atom is 0.406 e. The van der Waals surface area contributed by atoms with Crippen LogP contribution < -0.4 is 5.32 Å². The van der Waals surface area contributed by atoms with E-state index in [-0.39, 0.29) is 11.5 Å². The number of nitrogens with one attached hydrogen (secondary N) is 1. The van der Waals surface area contributed by atoms with Crippen molar-refractivity contribution in [2.24, 2.45) is 0 Å². The maximum atomic E-state index is 10.6. The van der Waals surface area contributed by atoms with E-state index in [1.165, 1.54) is 7.11 Å². The first-order valence-electron chi connectivity index (χ1n) is 4.66. The van der Waals surface area contributed by atoms with Crippen LogP contribution in [0.25, 0.3) is 0 Å². The number of carbonyl (C=O) groups excluding carboxylic acids is 1. The Labute approximate surface area is 84.8 Å². The fraction of sp³-hybridized carbons (Fsp3) is 0.889. The van der Waals surface area contributed by atoms with E-state index in [0.717, 1.165) is 25.7 Å². The van der Waals surface area contributed by atoms with Gasteiger partial charge in [0.05, 0.1) is 7.11 Å². The van der Waals surface area contributed by atoms with Crippen molar-refractivity contribution < 1.29 is 9.53 Å². The number of methoxy groups -OCH3 is 1. The normalized spacial score (nSPS) is 12.2. The predicted molar refractivity (Wildman–Crippen MR) is 54.2 cm³/mol. The zero-order valence-corrected chi connectivity index (χ0v) is 9.06. The van der Waals surface area contributed by atoms with Gasteiger partial charge in [0.1, 0.15) is 0 Å². The van der Waals surface area contributed by atoms with E-state index in [4.69, 9.17) is 11.6 Å². The van der Waals surface area contributed by atoms with Crippen molar-refractivity contribution in [2.75, 3.05) is 13.7 Å². The number of ether oxygens (including phenoxy) is 1. The minimum absolute atomic E-state index is 0.164. The summed E-state index contributed by atoms with van der Waals surface area (Å²) in [7, 11) is 1.35. The summed E-state index contributed by atoms with van der Waals surface area (Å²) in [6, 6.07) is 0. The molecular weight excluding hydrogens is 190 g/mol. The Morgan fingerprint density at radius 2 is 2.23 bits per heavy atom. The lowest BCUT2D eigenvalue weighted by Gasteiger charge is -2.08. The Morgan fingerprint density at radius 3 is 2.77 bits per heavy atom. The molecule has 0 radical (unpaired) electrons. The van der Waals surface area contributed by atoms with E-state index < -0.39 is 0 Å². The highest BCUT2D eigenvalue weighted by Gasteiger charge is 2.04. The second-order valence-electron chi connectivity index (χ2n) is 2.95. The lowest BCUT2D eigenvalue weighted by molar-refractivity contribution is 0.171. The Balaban J connectivity index is 3.26. The summed E-state index contributed by atoms with van der Waals surface area (Å²) in [6.45, 7) is 2.72. The molecule has 0 fully saturated rings. The quantitative estimate of drug-likeness (QED) is 0.680. The van der Waals surface area contributed by atoms with E-state index >= 15 is 0 Å². The number of unbranched alkanes of at least 4 members (excludes halogenated alkanes) is 1. The van der Waals surface area contributed by atoms with Crippen molar-refractivity contribution in [1.29, 1.82) is 0 Å². The molecule has 1 atom stereocenters. The van der Waals surface area contributed by atoms with Gasteiger partial charge in [-0.2, -0.15) is 0 Å².